The van der Waals surface area contributed by atoms with Crippen molar-refractivity contribution in [2.75, 3.05) is 0 Å². The molecule has 0 bridgehead atoms. The first-order valence-corrected chi connectivity index (χ1v) is 9.73. The summed E-state index contributed by atoms with van der Waals surface area (Å²) in [5, 5.41) is 3.72. The first-order chi connectivity index (χ1) is 13.5. The molecule has 1 fully saturated rings. The van der Waals surface area contributed by atoms with Crippen LogP contribution in [-0.4, -0.2) is 11.1 Å². The van der Waals surface area contributed by atoms with Crippen LogP contribution in [0.25, 0.3) is 17.0 Å². The Morgan fingerprint density at radius 1 is 1.11 bits per heavy atom. The lowest BCUT2D eigenvalue weighted by Crippen LogP contribution is -2.19. The van der Waals surface area contributed by atoms with Crippen LogP contribution in [0.15, 0.2) is 73.9 Å². The molecule has 0 unspecified atom stereocenters. The van der Waals surface area contributed by atoms with Crippen LogP contribution in [-0.2, 0) is 4.79 Å². The zero-order valence-electron chi connectivity index (χ0n) is 15.4. The lowest BCUT2D eigenvalue weighted by molar-refractivity contribution is -0.115. The predicted octanol–water partition coefficient (Wildman–Crippen LogP) is 4.81. The molecule has 5 nitrogen and oxygen atoms in total. The average Bonchev–Trinajstić information content (AvgIpc) is 3.03. The van der Waals surface area contributed by atoms with Crippen LogP contribution in [0.3, 0.4) is 0 Å². The molecule has 6 heteroatoms. The average molecular weight is 390 g/mol. The standard InChI is InChI=1S/C22H18N2O3S/c1-13(2)14-8-9-18-17(10-14)20(25)15(12-27-18)11-19-21(26)24-22(28-19)23-16-6-4-3-5-7-16/h3-13H,1-2H3,(H,23,24,26). The van der Waals surface area contributed by atoms with E-state index in [9.17, 15) is 9.59 Å². The molecule has 1 aliphatic heterocycles. The Kier molecular flexibility index (Phi) is 4.88. The van der Waals surface area contributed by atoms with Gasteiger partial charge in [0.1, 0.15) is 11.8 Å². The number of aliphatic imine (C=N–C) groups is 1. The van der Waals surface area contributed by atoms with Gasteiger partial charge in [-0.25, -0.2) is 4.99 Å². The Labute approximate surface area is 166 Å². The van der Waals surface area contributed by atoms with E-state index in [1.165, 1.54) is 18.0 Å². The summed E-state index contributed by atoms with van der Waals surface area (Å²) in [6.45, 7) is 4.14. The van der Waals surface area contributed by atoms with Crippen molar-refractivity contribution in [2.24, 2.45) is 4.99 Å². The Morgan fingerprint density at radius 3 is 2.64 bits per heavy atom. The van der Waals surface area contributed by atoms with Gasteiger partial charge in [-0.1, -0.05) is 38.1 Å². The third kappa shape index (κ3) is 3.64. The normalized spacial score (nSPS) is 17.0. The fourth-order valence-corrected chi connectivity index (χ4v) is 3.70. The van der Waals surface area contributed by atoms with Gasteiger partial charge in [0.2, 0.25) is 0 Å². The fraction of sp³-hybridized carbons (Fsp3) is 0.136. The number of thioether (sulfide) groups is 1. The summed E-state index contributed by atoms with van der Waals surface area (Å²) in [4.78, 5) is 30.0. The molecule has 3 aromatic rings. The van der Waals surface area contributed by atoms with Gasteiger partial charge in [-0.2, -0.15) is 0 Å². The van der Waals surface area contributed by atoms with Crippen molar-refractivity contribution in [3.63, 3.8) is 0 Å². The van der Waals surface area contributed by atoms with Crippen LogP contribution < -0.4 is 10.7 Å². The van der Waals surface area contributed by atoms with E-state index >= 15 is 0 Å². The summed E-state index contributed by atoms with van der Waals surface area (Å²) in [5.41, 5.74) is 2.53. The second-order valence-electron chi connectivity index (χ2n) is 6.75. The predicted molar refractivity (Wildman–Crippen MR) is 114 cm³/mol. The number of benzene rings is 2. The van der Waals surface area contributed by atoms with Gasteiger partial charge < -0.3 is 9.73 Å². The molecule has 1 N–H and O–H groups in total. The largest absolute Gasteiger partial charge is 0.463 e. The van der Waals surface area contributed by atoms with Crippen molar-refractivity contribution >= 4 is 45.6 Å². The smallest absolute Gasteiger partial charge is 0.264 e. The molecule has 1 amide bonds. The summed E-state index contributed by atoms with van der Waals surface area (Å²) >= 11 is 1.20. The number of fused-ring (bicyclic) bond motifs is 1. The van der Waals surface area contributed by atoms with Gasteiger partial charge in [0.25, 0.3) is 5.91 Å². The molecule has 0 radical (unpaired) electrons. The van der Waals surface area contributed by atoms with Crippen molar-refractivity contribution < 1.29 is 9.21 Å². The second kappa shape index (κ2) is 7.48. The second-order valence-corrected chi connectivity index (χ2v) is 7.78. The number of para-hydroxylation sites is 1. The van der Waals surface area contributed by atoms with E-state index in [1.54, 1.807) is 6.08 Å². The molecule has 0 aliphatic carbocycles. The maximum atomic E-state index is 12.9. The number of hydrogen-bond donors (Lipinski definition) is 1. The van der Waals surface area contributed by atoms with Gasteiger partial charge in [0.15, 0.2) is 10.6 Å². The first kappa shape index (κ1) is 18.3. The molecule has 28 heavy (non-hydrogen) atoms. The Balaban J connectivity index is 1.69. The minimum absolute atomic E-state index is 0.155. The van der Waals surface area contributed by atoms with Gasteiger partial charge in [-0.05, 0) is 53.6 Å². The number of hydrogen-bond acceptors (Lipinski definition) is 5. The summed E-state index contributed by atoms with van der Waals surface area (Å²) in [6.07, 6.45) is 2.95. The van der Waals surface area contributed by atoms with Crippen LogP contribution in [0.2, 0.25) is 0 Å². The van der Waals surface area contributed by atoms with Gasteiger partial charge in [-0.3, -0.25) is 9.59 Å². The number of amidine groups is 1. The van der Waals surface area contributed by atoms with E-state index < -0.39 is 0 Å². The molecule has 0 atom stereocenters. The minimum Gasteiger partial charge on any atom is -0.463 e. The van der Waals surface area contributed by atoms with Crippen LogP contribution in [0.5, 0.6) is 0 Å². The summed E-state index contributed by atoms with van der Waals surface area (Å²) in [5.74, 6) is 0.0221. The topological polar surface area (TPSA) is 71.7 Å². The summed E-state index contributed by atoms with van der Waals surface area (Å²) in [6, 6.07) is 15.0. The maximum Gasteiger partial charge on any atom is 0.264 e. The van der Waals surface area contributed by atoms with E-state index in [0.29, 0.717) is 32.5 Å². The van der Waals surface area contributed by atoms with Gasteiger partial charge in [0.05, 0.1) is 21.5 Å². The van der Waals surface area contributed by atoms with Crippen LogP contribution in [0, 0.1) is 0 Å². The zero-order chi connectivity index (χ0) is 19.7. The van der Waals surface area contributed by atoms with E-state index in [0.717, 1.165) is 11.3 Å². The quantitative estimate of drug-likeness (QED) is 0.652. The van der Waals surface area contributed by atoms with Crippen molar-refractivity contribution in [3.8, 4) is 0 Å². The Hall–Kier alpha value is -3.12. The SMILES string of the molecule is CC(C)c1ccc2occ(C=C3SC(=Nc4ccccc4)NC3=O)c(=O)c2c1. The molecule has 2 heterocycles. The highest BCUT2D eigenvalue weighted by molar-refractivity contribution is 8.18. The molecule has 2 aromatic carbocycles. The Bertz CT molecular complexity index is 1180. The lowest BCUT2D eigenvalue weighted by Gasteiger charge is -2.06. The number of nitrogens with one attached hydrogen (secondary N) is 1. The number of amides is 1. The third-order valence-electron chi connectivity index (χ3n) is 4.41. The molecular formula is C22H18N2O3S. The maximum absolute atomic E-state index is 12.9. The number of nitrogens with zero attached hydrogens (tertiary/aromatic N) is 1. The molecule has 1 aromatic heterocycles. The number of rotatable bonds is 3. The van der Waals surface area contributed by atoms with Crippen molar-refractivity contribution in [3.05, 3.63) is 81.0 Å². The highest BCUT2D eigenvalue weighted by atomic mass is 32.2. The fourth-order valence-electron chi connectivity index (χ4n) is 2.86. The van der Waals surface area contributed by atoms with Crippen molar-refractivity contribution in [1.29, 1.82) is 0 Å². The minimum atomic E-state index is -0.282. The van der Waals surface area contributed by atoms with E-state index in [1.807, 2.05) is 48.5 Å². The first-order valence-electron chi connectivity index (χ1n) is 8.91. The summed E-state index contributed by atoms with van der Waals surface area (Å²) in [7, 11) is 0. The van der Waals surface area contributed by atoms with Crippen molar-refractivity contribution in [1.82, 2.24) is 5.32 Å². The highest BCUT2D eigenvalue weighted by Crippen LogP contribution is 2.28. The van der Waals surface area contributed by atoms with E-state index in [4.69, 9.17) is 4.42 Å². The zero-order valence-corrected chi connectivity index (χ0v) is 16.2. The third-order valence-corrected chi connectivity index (χ3v) is 5.32. The summed E-state index contributed by atoms with van der Waals surface area (Å²) < 4.78 is 5.61. The van der Waals surface area contributed by atoms with Crippen molar-refractivity contribution in [2.45, 2.75) is 19.8 Å². The highest BCUT2D eigenvalue weighted by Gasteiger charge is 2.24. The molecule has 1 aliphatic rings. The number of carbonyl (C=O) groups excluding carboxylic acids is 1. The van der Waals surface area contributed by atoms with Gasteiger partial charge in [-0.15, -0.1) is 0 Å². The molecule has 140 valence electrons. The molecule has 1 saturated heterocycles. The van der Waals surface area contributed by atoms with Crippen LogP contribution in [0.4, 0.5) is 5.69 Å². The van der Waals surface area contributed by atoms with Crippen LogP contribution in [0.1, 0.15) is 30.9 Å². The van der Waals surface area contributed by atoms with E-state index in [-0.39, 0.29) is 11.3 Å². The van der Waals surface area contributed by atoms with Gasteiger partial charge >= 0.3 is 0 Å². The lowest BCUT2D eigenvalue weighted by atomic mass is 10.0. The van der Waals surface area contributed by atoms with Crippen LogP contribution >= 0.6 is 11.8 Å². The number of carbonyl (C=O) groups is 1. The Morgan fingerprint density at radius 2 is 1.89 bits per heavy atom. The molecular weight excluding hydrogens is 372 g/mol. The molecule has 0 saturated carbocycles. The monoisotopic (exact) mass is 390 g/mol. The van der Waals surface area contributed by atoms with Gasteiger partial charge in [0, 0.05) is 0 Å². The molecule has 4 rings (SSSR count). The molecule has 0 spiro atoms. The van der Waals surface area contributed by atoms with E-state index in [2.05, 4.69) is 24.2 Å².